The van der Waals surface area contributed by atoms with Crippen LogP contribution in [0.3, 0.4) is 0 Å². The van der Waals surface area contributed by atoms with Crippen molar-refractivity contribution in [1.82, 2.24) is 29.9 Å². The number of non-ortho nitro benzene ring substituents is 2. The van der Waals surface area contributed by atoms with E-state index in [-0.39, 0.29) is 148 Å². The van der Waals surface area contributed by atoms with Gasteiger partial charge < -0.3 is 54.2 Å². The van der Waals surface area contributed by atoms with E-state index in [0.29, 0.717) is 48.5 Å². The van der Waals surface area contributed by atoms with E-state index in [1.165, 1.54) is 14.2 Å². The Bertz CT molecular complexity index is 4290. The van der Waals surface area contributed by atoms with Crippen LogP contribution in [0.2, 0.25) is 10.6 Å². The first-order chi connectivity index (χ1) is 38.2. The molecule has 8 rings (SSSR count). The molecule has 0 saturated carbocycles. The number of ether oxygens (including phenoxy) is 2. The van der Waals surface area contributed by atoms with E-state index in [0.717, 1.165) is 24.3 Å². The molecular formula is C40H21Cl2CrN14Na4O22S4. The number of hydrogen-bond donors (Lipinski definition) is 3. The van der Waals surface area contributed by atoms with E-state index in [4.69, 9.17) is 32.7 Å². The molecule has 47 heteroatoms. The summed E-state index contributed by atoms with van der Waals surface area (Å²) in [5, 5.41) is 89.2. The van der Waals surface area contributed by atoms with Gasteiger partial charge in [0.15, 0.2) is 0 Å². The number of methoxy groups -OCH3 is 2. The Kier molecular flexibility index (Phi) is 28.0. The van der Waals surface area contributed by atoms with Crippen LogP contribution in [-0.2, 0) is 57.8 Å². The van der Waals surface area contributed by atoms with E-state index in [1.807, 2.05) is 0 Å². The molecule has 87 heavy (non-hydrogen) atoms. The Morgan fingerprint density at radius 1 is 0.517 bits per heavy atom. The van der Waals surface area contributed by atoms with E-state index in [2.05, 4.69) is 61.0 Å². The molecule has 1 radical (unpaired) electrons. The molecule has 431 valence electrons. The first-order valence-corrected chi connectivity index (χ1v) is 27.3. The van der Waals surface area contributed by atoms with Crippen molar-refractivity contribution in [2.24, 2.45) is 20.5 Å². The van der Waals surface area contributed by atoms with Gasteiger partial charge in [0.2, 0.25) is 22.5 Å². The average Bonchev–Trinajstić information content (AvgIpc) is 1.40. The van der Waals surface area contributed by atoms with Crippen molar-refractivity contribution in [3.05, 3.63) is 104 Å². The van der Waals surface area contributed by atoms with Crippen molar-refractivity contribution < 1.29 is 227 Å². The van der Waals surface area contributed by atoms with Gasteiger partial charge in [-0.15, -0.1) is 10.2 Å². The minimum absolute atomic E-state index is 0. The molecule has 0 saturated heterocycles. The Balaban J connectivity index is 0.000000561. The molecule has 0 unspecified atom stereocenters. The van der Waals surface area contributed by atoms with E-state index in [9.17, 15) is 92.5 Å². The molecule has 0 atom stereocenters. The van der Waals surface area contributed by atoms with Crippen molar-refractivity contribution in [2.45, 2.75) is 19.6 Å². The van der Waals surface area contributed by atoms with Crippen LogP contribution in [-0.4, -0.2) is 106 Å². The monoisotopic (exact) mass is 1390 g/mol. The minimum Gasteiger partial charge on any atom is -0.871 e. The molecule has 0 aliphatic carbocycles. The first-order valence-electron chi connectivity index (χ1n) is 20.8. The second-order valence-corrected chi connectivity index (χ2v) is 21.6. The Morgan fingerprint density at radius 3 is 1.20 bits per heavy atom. The SMILES string of the molecule is COc1nc(Cl)nc(Nc2cc(S(=O)(=O)[O-])cc3cc(S(=O)(=O)O)c(N=Nc4cc([N+](=O)[O-])ccc4[O-])c([O-])c23)n1.COc1nc(Cl)nc(Nc2cc(S(=O)(=O)[O-])cc3cc(S(=O)(=O)[O-])c(N=Nc4cc([N+](=O)[O-])ccc4[O-])c([O-])c23)n1.[Cr+3].[Na+].[Na+].[Na+].[Na+]. The fourth-order valence-electron chi connectivity index (χ4n) is 6.75. The van der Waals surface area contributed by atoms with Crippen LogP contribution in [0.25, 0.3) is 21.5 Å². The molecule has 6 aromatic carbocycles. The number of anilines is 4. The van der Waals surface area contributed by atoms with E-state index >= 15 is 0 Å². The van der Waals surface area contributed by atoms with Crippen molar-refractivity contribution in [2.75, 3.05) is 24.9 Å². The molecule has 0 aliphatic rings. The molecule has 0 aliphatic heterocycles. The first kappa shape index (κ1) is 78.1. The molecule has 0 amide bonds. The van der Waals surface area contributed by atoms with E-state index in [1.54, 1.807) is 0 Å². The van der Waals surface area contributed by atoms with Gasteiger partial charge in [-0.3, -0.25) is 24.8 Å². The van der Waals surface area contributed by atoms with Crippen LogP contribution in [0, 0.1) is 20.2 Å². The molecule has 0 bridgehead atoms. The number of halogens is 2. The second kappa shape index (κ2) is 31.2. The molecule has 8 aromatic rings. The summed E-state index contributed by atoms with van der Waals surface area (Å²) in [7, 11) is -18.8. The van der Waals surface area contributed by atoms with Gasteiger partial charge in [0.25, 0.3) is 21.5 Å². The third-order valence-electron chi connectivity index (χ3n) is 10.2. The van der Waals surface area contributed by atoms with Crippen LogP contribution in [0.4, 0.5) is 57.4 Å². The molecule has 36 nitrogen and oxygen atoms in total. The topological polar surface area (TPSA) is 574 Å². The van der Waals surface area contributed by atoms with Gasteiger partial charge in [0.05, 0.1) is 61.5 Å². The van der Waals surface area contributed by atoms with Crippen LogP contribution in [0.1, 0.15) is 0 Å². The van der Waals surface area contributed by atoms with Gasteiger partial charge in [0, 0.05) is 35.6 Å². The number of nitro benzene ring substituents is 2. The summed E-state index contributed by atoms with van der Waals surface area (Å²) in [6.07, 6.45) is 0. The summed E-state index contributed by atoms with van der Waals surface area (Å²) in [5.41, 5.74) is -5.65. The number of azo groups is 2. The van der Waals surface area contributed by atoms with Gasteiger partial charge in [-0.2, -0.15) is 48.6 Å². The summed E-state index contributed by atoms with van der Waals surface area (Å²) < 4.78 is 151. The molecule has 2 heterocycles. The summed E-state index contributed by atoms with van der Waals surface area (Å²) in [6, 6.07) is 7.97. The van der Waals surface area contributed by atoms with Crippen LogP contribution >= 0.6 is 23.2 Å². The van der Waals surface area contributed by atoms with Crippen molar-refractivity contribution in [3.63, 3.8) is 0 Å². The maximum Gasteiger partial charge on any atom is 3.00 e. The van der Waals surface area contributed by atoms with Crippen LogP contribution in [0.5, 0.6) is 35.0 Å². The van der Waals surface area contributed by atoms with Crippen molar-refractivity contribution in [1.29, 1.82) is 0 Å². The van der Waals surface area contributed by atoms with Gasteiger partial charge in [0.1, 0.15) is 35.2 Å². The Morgan fingerprint density at radius 2 is 0.874 bits per heavy atom. The Labute approximate surface area is 595 Å². The predicted molar refractivity (Wildman–Crippen MR) is 263 cm³/mol. The second-order valence-electron chi connectivity index (χ2n) is 15.4. The maximum absolute atomic E-state index is 13.6. The minimum atomic E-state index is -5.52. The maximum atomic E-state index is 13.6. The zero-order chi connectivity index (χ0) is 60.6. The molecule has 0 spiro atoms. The number of nitrogens with one attached hydrogen (secondary N) is 2. The summed E-state index contributed by atoms with van der Waals surface area (Å²) >= 11 is 11.6. The zero-order valence-electron chi connectivity index (χ0n) is 44.1. The fraction of sp³-hybridized carbons (Fsp3) is 0.0500. The Hall–Kier alpha value is -4.99. The smallest absolute Gasteiger partial charge is 0.871 e. The molecule has 0 fully saturated rings. The molecule has 2 aromatic heterocycles. The molecular weight excluding hydrogens is 1370 g/mol. The van der Waals surface area contributed by atoms with Crippen molar-refractivity contribution >= 4 is 143 Å². The van der Waals surface area contributed by atoms with E-state index < -0.39 is 182 Å². The third-order valence-corrected chi connectivity index (χ3v) is 13.9. The number of fused-ring (bicyclic) bond motifs is 2. The summed E-state index contributed by atoms with van der Waals surface area (Å²) in [4.78, 5) is 38.4. The average molecular weight is 1390 g/mol. The summed E-state index contributed by atoms with van der Waals surface area (Å²) in [5.74, 6) is -5.25. The normalized spacial score (nSPS) is 11.4. The van der Waals surface area contributed by atoms with Gasteiger partial charge in [-0.25, -0.2) is 25.3 Å². The molecule has 3 N–H and O–H groups in total. The third kappa shape index (κ3) is 19.0. The fourth-order valence-corrected chi connectivity index (χ4v) is 9.42. The number of aromatic nitrogens is 6. The van der Waals surface area contributed by atoms with Crippen LogP contribution < -0.4 is 159 Å². The van der Waals surface area contributed by atoms with Gasteiger partial charge in [-0.1, -0.05) is 35.1 Å². The van der Waals surface area contributed by atoms with Crippen LogP contribution in [0.15, 0.2) is 113 Å². The largest absolute Gasteiger partial charge is 3.00 e. The predicted octanol–water partition coefficient (Wildman–Crippen LogP) is -8.23. The number of nitro groups is 2. The van der Waals surface area contributed by atoms with Gasteiger partial charge in [-0.05, 0) is 81.1 Å². The number of nitrogens with zero attached hydrogens (tertiary/aromatic N) is 12. The number of benzene rings is 6. The number of rotatable bonds is 16. The zero-order valence-corrected chi connectivity index (χ0v) is 58.2. The summed E-state index contributed by atoms with van der Waals surface area (Å²) in [6.45, 7) is 0. The van der Waals surface area contributed by atoms with Crippen molar-refractivity contribution in [3.8, 4) is 35.0 Å². The standard InChI is InChI=1S/2C20H14ClN7O11S2.Cr.4Na/c2*1-39-20-24-18(21)23-19(25-20)22-12-7-10(40(33,34)35)4-8-5-14(41(36,37)38)16(17(30)15(8)12)27-26-11-6-9(28(31)32)2-3-13(11)29;;;;;/h2*2-7,29-30H,1H3,(H,33,34,35)(H,36,37,38)(H,22,23,24,25);;;;;/q;;+3;4*+1/p-7. The quantitative estimate of drug-likeness (QED) is 0.0266. The van der Waals surface area contributed by atoms with Gasteiger partial charge >= 0.3 is 148 Å². The number of hydrogen-bond acceptors (Lipinski definition) is 33.